The molecule has 6 heteroatoms. The Morgan fingerprint density at radius 1 is 1.19 bits per heavy atom. The van der Waals surface area contributed by atoms with E-state index in [9.17, 15) is 0 Å². The molecule has 3 nitrogen and oxygen atoms in total. The highest BCUT2D eigenvalue weighted by molar-refractivity contribution is 9.10. The van der Waals surface area contributed by atoms with Crippen LogP contribution in [0.5, 0.6) is 0 Å². The van der Waals surface area contributed by atoms with Crippen LogP contribution in [-0.4, -0.2) is 19.3 Å². The van der Waals surface area contributed by atoms with Gasteiger partial charge >= 0.3 is 0 Å². The summed E-state index contributed by atoms with van der Waals surface area (Å²) in [5, 5.41) is 1.11. The molecule has 0 bridgehead atoms. The summed E-state index contributed by atoms with van der Waals surface area (Å²) in [5.41, 5.74) is 0.663. The van der Waals surface area contributed by atoms with Crippen LogP contribution in [-0.2, 0) is 0 Å². The van der Waals surface area contributed by atoms with Crippen LogP contribution >= 0.6 is 39.1 Å². The van der Waals surface area contributed by atoms with E-state index in [0.29, 0.717) is 21.5 Å². The van der Waals surface area contributed by atoms with E-state index in [4.69, 9.17) is 27.6 Å². The van der Waals surface area contributed by atoms with Gasteiger partial charge in [0.1, 0.15) is 5.76 Å². The van der Waals surface area contributed by atoms with Gasteiger partial charge in [0.05, 0.1) is 21.4 Å². The Bertz CT molecular complexity index is 678. The van der Waals surface area contributed by atoms with Gasteiger partial charge in [-0.15, -0.1) is 0 Å². The third-order valence-corrected chi connectivity index (χ3v) is 4.43. The van der Waals surface area contributed by atoms with E-state index >= 15 is 0 Å². The van der Waals surface area contributed by atoms with Crippen molar-refractivity contribution in [3.63, 3.8) is 0 Å². The van der Waals surface area contributed by atoms with Gasteiger partial charge < -0.3 is 9.32 Å². The quantitative estimate of drug-likeness (QED) is 0.632. The first-order valence-corrected chi connectivity index (χ1v) is 8.22. The van der Waals surface area contributed by atoms with E-state index in [1.54, 1.807) is 24.4 Å². The van der Waals surface area contributed by atoms with E-state index in [1.165, 1.54) is 12.8 Å². The maximum atomic E-state index is 6.09. The Morgan fingerprint density at radius 2 is 1.95 bits per heavy atom. The van der Waals surface area contributed by atoms with Gasteiger partial charge in [0, 0.05) is 24.2 Å². The van der Waals surface area contributed by atoms with Crippen molar-refractivity contribution in [1.29, 1.82) is 0 Å². The second-order valence-corrected chi connectivity index (χ2v) is 6.55. The molecule has 0 unspecified atom stereocenters. The molecule has 1 fully saturated rings. The van der Waals surface area contributed by atoms with Crippen LogP contribution in [0.1, 0.15) is 18.6 Å². The second kappa shape index (κ2) is 6.42. The summed E-state index contributed by atoms with van der Waals surface area (Å²) in [6.45, 7) is 2.07. The molecule has 0 aliphatic carbocycles. The van der Waals surface area contributed by atoms with Gasteiger partial charge in [0.2, 0.25) is 5.88 Å². The van der Waals surface area contributed by atoms with Gasteiger partial charge in [0.15, 0.2) is 0 Å². The molecule has 1 saturated heterocycles. The molecule has 1 aromatic heterocycles. The van der Waals surface area contributed by atoms with Crippen molar-refractivity contribution in [3.05, 3.63) is 44.5 Å². The van der Waals surface area contributed by atoms with Gasteiger partial charge in [-0.1, -0.05) is 23.2 Å². The number of aliphatic imine (C=N–C) groups is 1. The molecule has 110 valence electrons. The van der Waals surface area contributed by atoms with Crippen molar-refractivity contribution >= 4 is 56.9 Å². The molecular formula is C15H13BrCl2N2O. The van der Waals surface area contributed by atoms with Crippen LogP contribution in [0, 0.1) is 0 Å². The van der Waals surface area contributed by atoms with Gasteiger partial charge in [-0.25, -0.2) is 0 Å². The van der Waals surface area contributed by atoms with Gasteiger partial charge in [-0.2, -0.15) is 0 Å². The van der Waals surface area contributed by atoms with Crippen LogP contribution in [0.4, 0.5) is 11.6 Å². The first-order chi connectivity index (χ1) is 10.1. The fourth-order valence-corrected chi connectivity index (χ4v) is 3.31. The smallest absolute Gasteiger partial charge is 0.210 e. The van der Waals surface area contributed by atoms with Gasteiger partial charge in [0.25, 0.3) is 0 Å². The predicted octanol–water partition coefficient (Wildman–Crippen LogP) is 5.70. The first kappa shape index (κ1) is 14.9. The highest BCUT2D eigenvalue weighted by atomic mass is 79.9. The summed E-state index contributed by atoms with van der Waals surface area (Å²) < 4.78 is 6.80. The molecule has 1 aliphatic rings. The molecule has 21 heavy (non-hydrogen) atoms. The number of hydrogen-bond donors (Lipinski definition) is 0. The van der Waals surface area contributed by atoms with E-state index in [-0.39, 0.29) is 0 Å². The molecule has 0 spiro atoms. The number of rotatable bonds is 3. The fraction of sp³-hybridized carbons (Fsp3) is 0.267. The summed E-state index contributed by atoms with van der Waals surface area (Å²) in [4.78, 5) is 6.58. The molecule has 0 radical (unpaired) electrons. The average Bonchev–Trinajstić information content (AvgIpc) is 3.07. The number of hydrogen-bond acceptors (Lipinski definition) is 3. The van der Waals surface area contributed by atoms with Gasteiger partial charge in [-0.3, -0.25) is 4.99 Å². The van der Waals surface area contributed by atoms with Crippen molar-refractivity contribution in [1.82, 2.24) is 0 Å². The molecule has 0 atom stereocenters. The molecule has 2 heterocycles. The molecule has 1 aliphatic heterocycles. The third-order valence-electron chi connectivity index (χ3n) is 3.32. The van der Waals surface area contributed by atoms with Crippen molar-refractivity contribution in [3.8, 4) is 0 Å². The molecule has 1 aromatic carbocycles. The lowest BCUT2D eigenvalue weighted by atomic mass is 10.3. The lowest BCUT2D eigenvalue weighted by molar-refractivity contribution is 0.549. The Balaban J connectivity index is 1.81. The Hall–Kier alpha value is -0.970. The molecule has 0 N–H and O–H groups in total. The van der Waals surface area contributed by atoms with Crippen molar-refractivity contribution < 1.29 is 4.42 Å². The molecule has 3 rings (SSSR count). The van der Waals surface area contributed by atoms with Crippen LogP contribution in [0.3, 0.4) is 0 Å². The lowest BCUT2D eigenvalue weighted by Crippen LogP contribution is -2.17. The number of benzene rings is 1. The summed E-state index contributed by atoms with van der Waals surface area (Å²) in [5.74, 6) is 1.56. The van der Waals surface area contributed by atoms with Crippen molar-refractivity contribution in [2.75, 3.05) is 18.0 Å². The Labute approximate surface area is 141 Å². The Morgan fingerprint density at radius 3 is 2.67 bits per heavy atom. The minimum absolute atomic E-state index is 0.518. The zero-order chi connectivity index (χ0) is 14.8. The van der Waals surface area contributed by atoms with E-state index < -0.39 is 0 Å². The molecule has 0 amide bonds. The van der Waals surface area contributed by atoms with Crippen LogP contribution in [0.2, 0.25) is 10.0 Å². The maximum absolute atomic E-state index is 6.09. The predicted molar refractivity (Wildman–Crippen MR) is 91.6 cm³/mol. The summed E-state index contributed by atoms with van der Waals surface area (Å²) in [6.07, 6.45) is 4.08. The zero-order valence-corrected chi connectivity index (χ0v) is 14.2. The SMILES string of the molecule is Clc1ccc(N=Cc2cc(Br)c(N3CCCC3)o2)c(Cl)c1. The van der Waals surface area contributed by atoms with E-state index in [0.717, 1.165) is 23.4 Å². The molecule has 0 saturated carbocycles. The van der Waals surface area contributed by atoms with Crippen molar-refractivity contribution in [2.45, 2.75) is 12.8 Å². The minimum atomic E-state index is 0.518. The topological polar surface area (TPSA) is 28.7 Å². The van der Waals surface area contributed by atoms with Crippen LogP contribution in [0.25, 0.3) is 0 Å². The number of halogens is 3. The standard InChI is InChI=1S/C15H13BrCl2N2O/c16-12-8-11(21-15(12)20-5-1-2-6-20)9-19-14-4-3-10(17)7-13(14)18/h3-4,7-9H,1-2,5-6H2. The minimum Gasteiger partial charge on any atom is -0.438 e. The second-order valence-electron chi connectivity index (χ2n) is 4.85. The number of anilines is 1. The van der Waals surface area contributed by atoms with Crippen LogP contribution < -0.4 is 4.90 Å². The average molecular weight is 388 g/mol. The van der Waals surface area contributed by atoms with Crippen molar-refractivity contribution in [2.24, 2.45) is 4.99 Å². The summed E-state index contributed by atoms with van der Waals surface area (Å²) in [6, 6.07) is 7.12. The first-order valence-electron chi connectivity index (χ1n) is 6.67. The number of furan rings is 1. The summed E-state index contributed by atoms with van der Waals surface area (Å²) in [7, 11) is 0. The van der Waals surface area contributed by atoms with Crippen LogP contribution in [0.15, 0.2) is 38.1 Å². The number of nitrogens with zero attached hydrogens (tertiary/aromatic N) is 2. The monoisotopic (exact) mass is 386 g/mol. The normalized spacial score (nSPS) is 15.3. The van der Waals surface area contributed by atoms with Gasteiger partial charge in [-0.05, 0) is 47.0 Å². The fourth-order valence-electron chi connectivity index (χ4n) is 2.30. The van der Waals surface area contributed by atoms with E-state index in [1.807, 2.05) is 6.07 Å². The molecule has 2 aromatic rings. The highest BCUT2D eigenvalue weighted by Gasteiger charge is 2.19. The Kier molecular flexibility index (Phi) is 4.57. The molecular weight excluding hydrogens is 375 g/mol. The summed E-state index contributed by atoms with van der Waals surface area (Å²) >= 11 is 15.5. The third kappa shape index (κ3) is 3.44. The largest absolute Gasteiger partial charge is 0.438 e. The van der Waals surface area contributed by atoms with E-state index in [2.05, 4.69) is 25.8 Å². The maximum Gasteiger partial charge on any atom is 0.210 e. The zero-order valence-electron chi connectivity index (χ0n) is 11.2. The highest BCUT2D eigenvalue weighted by Crippen LogP contribution is 2.32. The lowest BCUT2D eigenvalue weighted by Gasteiger charge is -2.13.